The summed E-state index contributed by atoms with van der Waals surface area (Å²) in [6.45, 7) is 9.17. The first-order valence-corrected chi connectivity index (χ1v) is 8.64. The molecule has 0 amide bonds. The molecule has 3 heteroatoms. The predicted molar refractivity (Wildman–Crippen MR) is 83.0 cm³/mol. The van der Waals surface area contributed by atoms with Crippen molar-refractivity contribution in [3.63, 3.8) is 0 Å². The van der Waals surface area contributed by atoms with E-state index in [1.165, 1.54) is 44.9 Å². The molecule has 0 aromatic rings. The minimum absolute atomic E-state index is 0.248. The highest BCUT2D eigenvalue weighted by Crippen LogP contribution is 2.41. The van der Waals surface area contributed by atoms with E-state index in [-0.39, 0.29) is 5.60 Å². The fourth-order valence-electron chi connectivity index (χ4n) is 3.62. The molecule has 3 nitrogen and oxygen atoms in total. The van der Waals surface area contributed by atoms with Crippen LogP contribution >= 0.6 is 0 Å². The van der Waals surface area contributed by atoms with Crippen LogP contribution in [0.5, 0.6) is 0 Å². The monoisotopic (exact) mass is 283 g/mol. The highest BCUT2D eigenvalue weighted by Gasteiger charge is 2.40. The van der Waals surface area contributed by atoms with E-state index in [4.69, 9.17) is 9.47 Å². The summed E-state index contributed by atoms with van der Waals surface area (Å²) in [6, 6.07) is 0.446. The summed E-state index contributed by atoms with van der Waals surface area (Å²) >= 11 is 0. The minimum Gasteiger partial charge on any atom is -0.380 e. The van der Waals surface area contributed by atoms with Crippen LogP contribution in [-0.2, 0) is 9.47 Å². The maximum absolute atomic E-state index is 6.42. The van der Waals surface area contributed by atoms with Crippen molar-refractivity contribution in [2.24, 2.45) is 5.92 Å². The van der Waals surface area contributed by atoms with Crippen LogP contribution < -0.4 is 5.32 Å². The zero-order valence-corrected chi connectivity index (χ0v) is 13.6. The lowest BCUT2D eigenvalue weighted by Gasteiger charge is -2.33. The molecule has 2 fully saturated rings. The van der Waals surface area contributed by atoms with Gasteiger partial charge in [-0.05, 0) is 38.5 Å². The van der Waals surface area contributed by atoms with Crippen molar-refractivity contribution in [2.45, 2.75) is 83.5 Å². The van der Waals surface area contributed by atoms with Gasteiger partial charge in [-0.1, -0.05) is 33.1 Å². The second-order valence-corrected chi connectivity index (χ2v) is 6.94. The van der Waals surface area contributed by atoms with Crippen LogP contribution in [0.3, 0.4) is 0 Å². The van der Waals surface area contributed by atoms with Crippen LogP contribution in [0.25, 0.3) is 0 Å². The lowest BCUT2D eigenvalue weighted by Crippen LogP contribution is -2.43. The van der Waals surface area contributed by atoms with Crippen molar-refractivity contribution >= 4 is 0 Å². The Morgan fingerprint density at radius 1 is 1.20 bits per heavy atom. The van der Waals surface area contributed by atoms with Crippen LogP contribution in [0.2, 0.25) is 0 Å². The van der Waals surface area contributed by atoms with Crippen molar-refractivity contribution in [1.82, 2.24) is 5.32 Å². The molecule has 1 heterocycles. The molecule has 0 radical (unpaired) electrons. The van der Waals surface area contributed by atoms with Gasteiger partial charge in [0.05, 0.1) is 18.3 Å². The molecular weight excluding hydrogens is 250 g/mol. The van der Waals surface area contributed by atoms with Gasteiger partial charge >= 0.3 is 0 Å². The van der Waals surface area contributed by atoms with Gasteiger partial charge in [-0.15, -0.1) is 0 Å². The summed E-state index contributed by atoms with van der Waals surface area (Å²) in [6.07, 6.45) is 9.61. The third-order valence-corrected chi connectivity index (χ3v) is 5.02. The molecule has 20 heavy (non-hydrogen) atoms. The fourth-order valence-corrected chi connectivity index (χ4v) is 3.62. The maximum atomic E-state index is 6.42. The van der Waals surface area contributed by atoms with Crippen molar-refractivity contribution in [3.8, 4) is 0 Å². The number of nitrogens with one attached hydrogen (secondary N) is 1. The zero-order valence-electron chi connectivity index (χ0n) is 13.6. The summed E-state index contributed by atoms with van der Waals surface area (Å²) in [5, 5.41) is 3.67. The van der Waals surface area contributed by atoms with E-state index in [0.29, 0.717) is 18.1 Å². The van der Waals surface area contributed by atoms with Crippen molar-refractivity contribution in [1.29, 1.82) is 0 Å². The molecule has 2 unspecified atom stereocenters. The molecule has 0 aromatic carbocycles. The average Bonchev–Trinajstić information content (AvgIpc) is 2.82. The van der Waals surface area contributed by atoms with Gasteiger partial charge in [-0.3, -0.25) is 0 Å². The summed E-state index contributed by atoms with van der Waals surface area (Å²) in [4.78, 5) is 0. The minimum atomic E-state index is 0.248. The van der Waals surface area contributed by atoms with Crippen LogP contribution in [0.4, 0.5) is 0 Å². The van der Waals surface area contributed by atoms with E-state index in [9.17, 15) is 0 Å². The molecule has 0 bridgehead atoms. The molecule has 1 aliphatic carbocycles. The first-order valence-electron chi connectivity index (χ1n) is 8.64. The first kappa shape index (κ1) is 16.3. The normalized spacial score (nSPS) is 27.3. The van der Waals surface area contributed by atoms with E-state index in [1.807, 2.05) is 0 Å². The molecule has 2 atom stereocenters. The van der Waals surface area contributed by atoms with Crippen LogP contribution in [-0.4, -0.2) is 37.5 Å². The smallest absolute Gasteiger partial charge is 0.0708 e. The third-order valence-electron chi connectivity index (χ3n) is 5.02. The maximum Gasteiger partial charge on any atom is 0.0708 e. The first-order chi connectivity index (χ1) is 9.65. The van der Waals surface area contributed by atoms with Gasteiger partial charge < -0.3 is 14.8 Å². The molecule has 2 rings (SSSR count). The molecule has 2 aliphatic rings. The van der Waals surface area contributed by atoms with E-state index >= 15 is 0 Å². The number of ether oxygens (including phenoxy) is 2. The zero-order chi connectivity index (χ0) is 14.4. The molecule has 0 aromatic heterocycles. The largest absolute Gasteiger partial charge is 0.380 e. The van der Waals surface area contributed by atoms with E-state index in [0.717, 1.165) is 19.8 Å². The highest BCUT2D eigenvalue weighted by atomic mass is 16.5. The molecule has 1 saturated heterocycles. The Hall–Kier alpha value is -0.120. The molecular formula is C17H33NO2. The summed E-state index contributed by atoms with van der Waals surface area (Å²) in [7, 11) is 0. The van der Waals surface area contributed by atoms with Crippen molar-refractivity contribution in [3.05, 3.63) is 0 Å². The summed E-state index contributed by atoms with van der Waals surface area (Å²) in [5.41, 5.74) is 0.248. The van der Waals surface area contributed by atoms with Crippen LogP contribution in [0, 0.1) is 5.92 Å². The second-order valence-electron chi connectivity index (χ2n) is 6.94. The van der Waals surface area contributed by atoms with E-state index < -0.39 is 0 Å². The van der Waals surface area contributed by atoms with E-state index in [1.54, 1.807) is 0 Å². The highest BCUT2D eigenvalue weighted by molar-refractivity contribution is 4.92. The Labute approximate surface area is 124 Å². The van der Waals surface area contributed by atoms with Gasteiger partial charge in [0.1, 0.15) is 0 Å². The topological polar surface area (TPSA) is 30.5 Å². The van der Waals surface area contributed by atoms with Gasteiger partial charge in [0.2, 0.25) is 0 Å². The standard InChI is InChI=1S/C17H33NO2/c1-4-19-13-16(14(2)3)18-12-15-8-11-17(20-15)9-6-5-7-10-17/h14-16,18H,4-13H2,1-3H3. The molecule has 118 valence electrons. The Kier molecular flexibility index (Phi) is 6.31. The van der Waals surface area contributed by atoms with E-state index in [2.05, 4.69) is 26.1 Å². The molecule has 1 N–H and O–H groups in total. The Morgan fingerprint density at radius 3 is 2.60 bits per heavy atom. The quantitative estimate of drug-likeness (QED) is 0.775. The number of hydrogen-bond donors (Lipinski definition) is 1. The predicted octanol–water partition coefficient (Wildman–Crippen LogP) is 3.52. The summed E-state index contributed by atoms with van der Waals surface area (Å²) in [5.74, 6) is 0.603. The molecule has 1 aliphatic heterocycles. The van der Waals surface area contributed by atoms with Crippen molar-refractivity contribution < 1.29 is 9.47 Å². The van der Waals surface area contributed by atoms with Gasteiger partial charge in [0.25, 0.3) is 0 Å². The SMILES string of the molecule is CCOCC(NCC1CCC2(CCCCC2)O1)C(C)C. The second kappa shape index (κ2) is 7.77. The van der Waals surface area contributed by atoms with Gasteiger partial charge in [-0.25, -0.2) is 0 Å². The summed E-state index contributed by atoms with van der Waals surface area (Å²) < 4.78 is 12.0. The van der Waals surface area contributed by atoms with Crippen LogP contribution in [0.1, 0.15) is 65.7 Å². The number of rotatable bonds is 7. The number of hydrogen-bond acceptors (Lipinski definition) is 3. The Balaban J connectivity index is 1.73. The average molecular weight is 283 g/mol. The Morgan fingerprint density at radius 2 is 1.95 bits per heavy atom. The third kappa shape index (κ3) is 4.44. The van der Waals surface area contributed by atoms with Gasteiger partial charge in [-0.2, -0.15) is 0 Å². The molecule has 1 spiro atoms. The fraction of sp³-hybridized carbons (Fsp3) is 1.00. The lowest BCUT2D eigenvalue weighted by molar-refractivity contribution is -0.0638. The lowest BCUT2D eigenvalue weighted by atomic mass is 9.83. The Bertz CT molecular complexity index is 274. The van der Waals surface area contributed by atoms with Gasteiger partial charge in [0, 0.05) is 19.2 Å². The van der Waals surface area contributed by atoms with Gasteiger partial charge in [0.15, 0.2) is 0 Å². The molecule has 1 saturated carbocycles. The van der Waals surface area contributed by atoms with Crippen LogP contribution in [0.15, 0.2) is 0 Å². The van der Waals surface area contributed by atoms with Crippen molar-refractivity contribution in [2.75, 3.05) is 19.8 Å².